The van der Waals surface area contributed by atoms with E-state index in [1.807, 2.05) is 0 Å². The van der Waals surface area contributed by atoms with E-state index < -0.39 is 18.9 Å². The summed E-state index contributed by atoms with van der Waals surface area (Å²) in [5.74, 6) is 0. The van der Waals surface area contributed by atoms with Gasteiger partial charge < -0.3 is 10.1 Å². The number of benzene rings is 1. The van der Waals surface area contributed by atoms with Gasteiger partial charge in [0.1, 0.15) is 6.61 Å². The van der Waals surface area contributed by atoms with E-state index in [0.717, 1.165) is 29.1 Å². The van der Waals surface area contributed by atoms with Gasteiger partial charge in [0.05, 0.1) is 16.7 Å². The van der Waals surface area contributed by atoms with Crippen LogP contribution in [-0.4, -0.2) is 17.8 Å². The first-order valence-corrected chi connectivity index (χ1v) is 9.07. The van der Waals surface area contributed by atoms with Gasteiger partial charge >= 0.3 is 6.18 Å². The summed E-state index contributed by atoms with van der Waals surface area (Å²) in [5, 5.41) is 4.00. The average molecular weight is 370 g/mol. The number of aromatic nitrogens is 1. The Hall–Kier alpha value is -1.60. The largest absolute Gasteiger partial charge is 0.411 e. The molecular formula is C18H21F3N2OS. The quantitative estimate of drug-likeness (QED) is 0.742. The topological polar surface area (TPSA) is 34.2 Å². The predicted molar refractivity (Wildman–Crippen MR) is 93.7 cm³/mol. The molecule has 0 saturated heterocycles. The molecular weight excluding hydrogens is 349 g/mol. The fourth-order valence-corrected chi connectivity index (χ4v) is 4.13. The zero-order valence-electron chi connectivity index (χ0n) is 14.5. The van der Waals surface area contributed by atoms with Gasteiger partial charge in [-0.25, -0.2) is 4.98 Å². The van der Waals surface area contributed by atoms with E-state index in [-0.39, 0.29) is 0 Å². The highest BCUT2D eigenvalue weighted by Gasteiger charge is 2.32. The minimum absolute atomic E-state index is 0.514. The van der Waals surface area contributed by atoms with Crippen molar-refractivity contribution >= 4 is 22.2 Å². The Labute approximate surface area is 149 Å². The van der Waals surface area contributed by atoms with Crippen LogP contribution in [0.25, 0.3) is 0 Å². The third-order valence-corrected chi connectivity index (χ3v) is 5.63. The summed E-state index contributed by atoms with van der Waals surface area (Å²) < 4.78 is 42.4. The second kappa shape index (κ2) is 6.96. The number of hydrogen-bond donors (Lipinski definition) is 1. The Balaban J connectivity index is 1.78. The van der Waals surface area contributed by atoms with Crippen molar-refractivity contribution in [2.45, 2.75) is 52.3 Å². The maximum absolute atomic E-state index is 12.4. The lowest BCUT2D eigenvalue weighted by Crippen LogP contribution is -2.21. The molecule has 2 aromatic rings. The number of halogens is 3. The van der Waals surface area contributed by atoms with Crippen LogP contribution in [0.5, 0.6) is 0 Å². The number of ether oxygens (including phenoxy) is 1. The van der Waals surface area contributed by atoms with Crippen molar-refractivity contribution in [1.82, 2.24) is 4.98 Å². The first-order chi connectivity index (χ1) is 11.7. The summed E-state index contributed by atoms with van der Waals surface area (Å²) in [6, 6.07) is 4.11. The Kier molecular flexibility index (Phi) is 5.06. The van der Waals surface area contributed by atoms with Gasteiger partial charge in [0.25, 0.3) is 0 Å². The number of nitrogens with zero attached hydrogens (tertiary/aromatic N) is 1. The highest BCUT2D eigenvalue weighted by molar-refractivity contribution is 7.15. The van der Waals surface area contributed by atoms with Crippen LogP contribution in [0.3, 0.4) is 0 Å². The lowest BCUT2D eigenvalue weighted by Gasteiger charge is -2.22. The maximum atomic E-state index is 12.4. The molecule has 0 spiro atoms. The van der Waals surface area contributed by atoms with Gasteiger partial charge in [-0.2, -0.15) is 13.2 Å². The molecule has 3 nitrogen and oxygen atoms in total. The molecule has 0 fully saturated rings. The van der Waals surface area contributed by atoms with Crippen LogP contribution in [-0.2, 0) is 11.2 Å². The predicted octanol–water partition coefficient (Wildman–Crippen LogP) is 5.77. The summed E-state index contributed by atoms with van der Waals surface area (Å²) in [6.45, 7) is 4.98. The molecule has 7 heteroatoms. The molecule has 3 rings (SSSR count). The highest BCUT2D eigenvalue weighted by atomic mass is 32.1. The van der Waals surface area contributed by atoms with Crippen molar-refractivity contribution in [3.63, 3.8) is 0 Å². The van der Waals surface area contributed by atoms with Gasteiger partial charge in [0.15, 0.2) is 5.13 Å². The van der Waals surface area contributed by atoms with Crippen LogP contribution in [0.2, 0.25) is 0 Å². The Bertz CT molecular complexity index is 747. The Morgan fingerprint density at radius 3 is 2.56 bits per heavy atom. The van der Waals surface area contributed by atoms with E-state index >= 15 is 0 Å². The fourth-order valence-electron chi connectivity index (χ4n) is 3.02. The lowest BCUT2D eigenvalue weighted by molar-refractivity contribution is -0.187. The minimum Gasteiger partial charge on any atom is -0.363 e. The zero-order chi connectivity index (χ0) is 18.2. The third-order valence-electron chi connectivity index (χ3n) is 4.53. The molecule has 1 atom stereocenters. The number of anilines is 2. The van der Waals surface area contributed by atoms with E-state index in [1.54, 1.807) is 0 Å². The molecule has 0 bridgehead atoms. The summed E-state index contributed by atoms with van der Waals surface area (Å²) in [7, 11) is 0. The van der Waals surface area contributed by atoms with Crippen molar-refractivity contribution in [1.29, 1.82) is 0 Å². The first-order valence-electron chi connectivity index (χ1n) is 8.26. The number of rotatable bonds is 4. The van der Waals surface area contributed by atoms with Crippen LogP contribution in [0.1, 0.15) is 46.2 Å². The molecule has 1 aromatic heterocycles. The van der Waals surface area contributed by atoms with Crippen LogP contribution < -0.4 is 5.32 Å². The van der Waals surface area contributed by atoms with Crippen molar-refractivity contribution in [3.05, 3.63) is 39.4 Å². The van der Waals surface area contributed by atoms with Crippen molar-refractivity contribution in [2.24, 2.45) is 0 Å². The molecule has 25 heavy (non-hydrogen) atoms. The molecule has 0 radical (unpaired) electrons. The molecule has 1 heterocycles. The second-order valence-corrected chi connectivity index (χ2v) is 7.53. The smallest absolute Gasteiger partial charge is 0.363 e. The van der Waals surface area contributed by atoms with Crippen LogP contribution in [0.4, 0.5) is 24.0 Å². The molecule has 136 valence electrons. The van der Waals surface area contributed by atoms with E-state index in [0.29, 0.717) is 11.6 Å². The first kappa shape index (κ1) is 18.2. The van der Waals surface area contributed by atoms with E-state index in [1.165, 1.54) is 28.0 Å². The zero-order valence-corrected chi connectivity index (χ0v) is 15.3. The maximum Gasteiger partial charge on any atom is 0.411 e. The van der Waals surface area contributed by atoms with Gasteiger partial charge in [0, 0.05) is 5.69 Å². The molecule has 1 aromatic carbocycles. The average Bonchev–Trinajstić information content (AvgIpc) is 2.92. The van der Waals surface area contributed by atoms with Crippen molar-refractivity contribution in [2.75, 3.05) is 11.9 Å². The van der Waals surface area contributed by atoms with Crippen LogP contribution in [0.15, 0.2) is 12.1 Å². The van der Waals surface area contributed by atoms with Crippen molar-refractivity contribution < 1.29 is 17.9 Å². The normalized spacial score (nSPS) is 17.4. The minimum atomic E-state index is -4.31. The van der Waals surface area contributed by atoms with Crippen molar-refractivity contribution in [3.8, 4) is 0 Å². The van der Waals surface area contributed by atoms with E-state index in [9.17, 15) is 13.2 Å². The molecule has 0 saturated carbocycles. The number of alkyl halides is 3. The second-order valence-electron chi connectivity index (χ2n) is 6.50. The Morgan fingerprint density at radius 1 is 1.24 bits per heavy atom. The fraction of sp³-hybridized carbons (Fsp3) is 0.500. The van der Waals surface area contributed by atoms with Crippen LogP contribution >= 0.6 is 11.3 Å². The highest BCUT2D eigenvalue weighted by Crippen LogP contribution is 2.40. The molecule has 0 amide bonds. The Morgan fingerprint density at radius 2 is 1.92 bits per heavy atom. The van der Waals surface area contributed by atoms with E-state index in [4.69, 9.17) is 4.74 Å². The van der Waals surface area contributed by atoms with Gasteiger partial charge in [-0.15, -0.1) is 0 Å². The SMILES string of the molecule is Cc1cc(Nc2nc3c(s2)C(OCC(F)(F)F)CCC3)cc(C)c1C. The lowest BCUT2D eigenvalue weighted by atomic mass is 10.0. The monoisotopic (exact) mass is 370 g/mol. The number of thiazole rings is 1. The third kappa shape index (κ3) is 4.33. The molecule has 0 aliphatic heterocycles. The molecule has 1 unspecified atom stereocenters. The van der Waals surface area contributed by atoms with Crippen LogP contribution in [0, 0.1) is 20.8 Å². The number of fused-ring (bicyclic) bond motifs is 1. The summed E-state index contributed by atoms with van der Waals surface area (Å²) >= 11 is 1.39. The molecule has 1 aliphatic carbocycles. The van der Waals surface area contributed by atoms with Gasteiger partial charge in [0.2, 0.25) is 0 Å². The van der Waals surface area contributed by atoms with Gasteiger partial charge in [-0.1, -0.05) is 11.3 Å². The number of hydrogen-bond acceptors (Lipinski definition) is 4. The number of aryl methyl sites for hydroxylation is 3. The summed E-state index contributed by atoms with van der Waals surface area (Å²) in [6.07, 6.45) is -2.64. The van der Waals surface area contributed by atoms with Gasteiger partial charge in [-0.05, 0) is 68.9 Å². The summed E-state index contributed by atoms with van der Waals surface area (Å²) in [4.78, 5) is 5.39. The van der Waals surface area contributed by atoms with E-state index in [2.05, 4.69) is 43.2 Å². The van der Waals surface area contributed by atoms with Gasteiger partial charge in [-0.3, -0.25) is 0 Å². The summed E-state index contributed by atoms with van der Waals surface area (Å²) in [5.41, 5.74) is 5.43. The molecule has 1 N–H and O–H groups in total. The standard InChI is InChI=1S/C18H21F3N2OS/c1-10-7-13(8-11(2)12(10)3)22-17-23-14-5-4-6-15(16(14)25-17)24-9-18(19,20)21/h7-8,15H,4-6,9H2,1-3H3,(H,22,23). The number of nitrogens with one attached hydrogen (secondary N) is 1. The molecule has 1 aliphatic rings.